The molecular weight excluding hydrogens is 426 g/mol. The van der Waals surface area contributed by atoms with Gasteiger partial charge in [-0.05, 0) is 32.3 Å². The van der Waals surface area contributed by atoms with E-state index in [4.69, 9.17) is 17.0 Å². The van der Waals surface area contributed by atoms with Crippen molar-refractivity contribution >= 4 is 27.8 Å². The fourth-order valence-corrected chi connectivity index (χ4v) is 3.53. The van der Waals surface area contributed by atoms with E-state index in [1.165, 1.54) is 50.6 Å². The second-order valence-corrected chi connectivity index (χ2v) is 10.2. The first-order valence-corrected chi connectivity index (χ1v) is 15.1. The van der Waals surface area contributed by atoms with Crippen molar-refractivity contribution in [2.75, 3.05) is 0 Å². The van der Waals surface area contributed by atoms with Gasteiger partial charge >= 0.3 is 37.9 Å². The predicted octanol–water partition coefficient (Wildman–Crippen LogP) is 7.73. The Morgan fingerprint density at radius 3 is 2.16 bits per heavy atom. The molecule has 0 amide bonds. The molecule has 3 aromatic rings. The van der Waals surface area contributed by atoms with Crippen molar-refractivity contribution in [1.29, 1.82) is 0 Å². The van der Waals surface area contributed by atoms with Crippen molar-refractivity contribution in [3.05, 3.63) is 64.7 Å². The van der Waals surface area contributed by atoms with Crippen LogP contribution in [0.2, 0.25) is 0 Å². The first-order chi connectivity index (χ1) is 12.0. The summed E-state index contributed by atoms with van der Waals surface area (Å²) in [4.78, 5) is 0. The van der Waals surface area contributed by atoms with Crippen LogP contribution in [0.25, 0.3) is 21.9 Å². The number of halogens is 2. The molecule has 0 aliphatic rings. The number of benzene rings is 2. The summed E-state index contributed by atoms with van der Waals surface area (Å²) in [6, 6.07) is 16.3. The maximum atomic E-state index is 4.93. The Labute approximate surface area is 170 Å². The van der Waals surface area contributed by atoms with Crippen LogP contribution in [-0.4, -0.2) is 0 Å². The van der Waals surface area contributed by atoms with Gasteiger partial charge in [0.05, 0.1) is 0 Å². The molecule has 0 nitrogen and oxygen atoms in total. The third-order valence-corrected chi connectivity index (χ3v) is 4.47. The minimum absolute atomic E-state index is 0.826. The molecule has 0 saturated heterocycles. The van der Waals surface area contributed by atoms with Crippen LogP contribution < -0.4 is 0 Å². The number of hydrogen-bond donors (Lipinski definition) is 0. The SMILES string of the molecule is CCCc1ccc2[cH-]c(CC)cc2c1-c1cc(C)cc(C)c1.[Cl][Zr][Cl]. The van der Waals surface area contributed by atoms with Crippen LogP contribution in [-0.2, 0) is 33.7 Å². The quantitative estimate of drug-likeness (QED) is 0.356. The maximum absolute atomic E-state index is 4.93. The Bertz CT molecular complexity index is 813. The van der Waals surface area contributed by atoms with Gasteiger partial charge in [-0.2, -0.15) is 6.07 Å². The molecule has 0 saturated carbocycles. The minimum atomic E-state index is -0.826. The molecule has 0 aliphatic heterocycles. The van der Waals surface area contributed by atoms with Crippen LogP contribution in [0.15, 0.2) is 42.5 Å². The average molecular weight is 452 g/mol. The summed E-state index contributed by atoms with van der Waals surface area (Å²) in [5.74, 6) is 0. The van der Waals surface area contributed by atoms with Crippen LogP contribution in [0.3, 0.4) is 0 Å². The zero-order chi connectivity index (χ0) is 18.4. The van der Waals surface area contributed by atoms with Gasteiger partial charge in [0, 0.05) is 0 Å². The van der Waals surface area contributed by atoms with Crippen molar-refractivity contribution in [2.45, 2.75) is 47.0 Å². The predicted molar refractivity (Wildman–Crippen MR) is 110 cm³/mol. The molecule has 0 fully saturated rings. The van der Waals surface area contributed by atoms with Crippen LogP contribution in [0.4, 0.5) is 0 Å². The van der Waals surface area contributed by atoms with Crippen molar-refractivity contribution in [1.82, 2.24) is 0 Å². The van der Waals surface area contributed by atoms with E-state index < -0.39 is 20.8 Å². The second kappa shape index (κ2) is 10.0. The molecule has 0 radical (unpaired) electrons. The van der Waals surface area contributed by atoms with Gasteiger partial charge in [-0.25, -0.2) is 0 Å². The number of hydrogen-bond acceptors (Lipinski definition) is 0. The van der Waals surface area contributed by atoms with E-state index in [-0.39, 0.29) is 0 Å². The molecule has 0 atom stereocenters. The normalized spacial score (nSPS) is 10.5. The Hall–Kier alpha value is -0.487. The first-order valence-electron chi connectivity index (χ1n) is 8.80. The Kier molecular flexibility index (Phi) is 8.33. The number of rotatable bonds is 4. The Morgan fingerprint density at radius 2 is 1.60 bits per heavy atom. The Balaban J connectivity index is 0.000000701. The first kappa shape index (κ1) is 20.8. The van der Waals surface area contributed by atoms with Gasteiger partial charge < -0.3 is 0 Å². The molecule has 0 N–H and O–H groups in total. The molecule has 25 heavy (non-hydrogen) atoms. The van der Waals surface area contributed by atoms with E-state index >= 15 is 0 Å². The van der Waals surface area contributed by atoms with E-state index in [0.29, 0.717) is 0 Å². The van der Waals surface area contributed by atoms with Crippen LogP contribution in [0.1, 0.15) is 42.5 Å². The van der Waals surface area contributed by atoms with Gasteiger partial charge in [0.15, 0.2) is 0 Å². The molecule has 3 rings (SSSR count). The number of fused-ring (bicyclic) bond motifs is 1. The zero-order valence-electron chi connectivity index (χ0n) is 15.4. The van der Waals surface area contributed by atoms with E-state index in [9.17, 15) is 0 Å². The van der Waals surface area contributed by atoms with Crippen LogP contribution in [0, 0.1) is 13.8 Å². The fraction of sp³-hybridized carbons (Fsp3) is 0.318. The molecule has 0 bridgehead atoms. The van der Waals surface area contributed by atoms with Crippen LogP contribution >= 0.6 is 17.0 Å². The van der Waals surface area contributed by atoms with E-state index in [0.717, 1.165) is 12.8 Å². The van der Waals surface area contributed by atoms with Crippen LogP contribution in [0.5, 0.6) is 0 Å². The monoisotopic (exact) mass is 449 g/mol. The van der Waals surface area contributed by atoms with Crippen molar-refractivity contribution < 1.29 is 20.8 Å². The molecule has 3 aromatic carbocycles. The van der Waals surface area contributed by atoms with Gasteiger partial charge in [0.2, 0.25) is 0 Å². The standard InChI is InChI=1S/C22H25.2ClH.Zr/c1-5-7-18-8-9-19-13-17(6-2)14-21(19)22(18)20-11-15(3)10-16(4)12-20;;;/h8-14H,5-7H2,1-4H3;2*1H;/q-1;;;+2/p-2. The summed E-state index contributed by atoms with van der Waals surface area (Å²) >= 11 is -0.826. The second-order valence-electron chi connectivity index (χ2n) is 6.52. The molecule has 0 aliphatic carbocycles. The van der Waals surface area contributed by atoms with Crippen molar-refractivity contribution in [3.63, 3.8) is 0 Å². The molecule has 0 aromatic heterocycles. The third kappa shape index (κ3) is 5.25. The van der Waals surface area contributed by atoms with Gasteiger partial charge in [-0.15, -0.1) is 34.5 Å². The van der Waals surface area contributed by atoms with E-state index in [1.807, 2.05) is 0 Å². The molecule has 0 heterocycles. The summed E-state index contributed by atoms with van der Waals surface area (Å²) in [5.41, 5.74) is 8.43. The molecule has 132 valence electrons. The van der Waals surface area contributed by atoms with Crippen molar-refractivity contribution in [3.8, 4) is 11.1 Å². The summed E-state index contributed by atoms with van der Waals surface area (Å²) < 4.78 is 0. The zero-order valence-corrected chi connectivity index (χ0v) is 19.4. The summed E-state index contributed by atoms with van der Waals surface area (Å²) in [5, 5.41) is 2.80. The fourth-order valence-electron chi connectivity index (χ4n) is 3.53. The molecule has 3 heteroatoms. The van der Waals surface area contributed by atoms with E-state index in [2.05, 4.69) is 70.2 Å². The van der Waals surface area contributed by atoms with Crippen molar-refractivity contribution in [2.24, 2.45) is 0 Å². The average Bonchev–Trinajstić information content (AvgIpc) is 2.98. The van der Waals surface area contributed by atoms with Gasteiger partial charge in [0.25, 0.3) is 0 Å². The number of aryl methyl sites for hydroxylation is 4. The summed E-state index contributed by atoms with van der Waals surface area (Å²) in [6.07, 6.45) is 3.43. The van der Waals surface area contributed by atoms with Gasteiger partial charge in [0.1, 0.15) is 0 Å². The summed E-state index contributed by atoms with van der Waals surface area (Å²) in [6.45, 7) is 8.88. The Morgan fingerprint density at radius 1 is 0.960 bits per heavy atom. The van der Waals surface area contributed by atoms with E-state index in [1.54, 1.807) is 0 Å². The third-order valence-electron chi connectivity index (χ3n) is 4.47. The van der Waals surface area contributed by atoms with Gasteiger partial charge in [-0.1, -0.05) is 60.7 Å². The van der Waals surface area contributed by atoms with Gasteiger partial charge in [-0.3, -0.25) is 0 Å². The summed E-state index contributed by atoms with van der Waals surface area (Å²) in [7, 11) is 9.87. The topological polar surface area (TPSA) is 0 Å². The molecule has 0 spiro atoms. The molecule has 0 unspecified atom stereocenters. The molecular formula is C22H25Cl2Zr-.